The van der Waals surface area contributed by atoms with E-state index in [4.69, 9.17) is 23.8 Å². The highest BCUT2D eigenvalue weighted by molar-refractivity contribution is 7.98. The lowest BCUT2D eigenvalue weighted by molar-refractivity contribution is 0.644. The van der Waals surface area contributed by atoms with Crippen LogP contribution in [0.4, 0.5) is 0 Å². The topological polar surface area (TPSA) is 15.6 Å². The first-order valence-electron chi connectivity index (χ1n) is 6.26. The van der Waals surface area contributed by atoms with E-state index in [9.17, 15) is 0 Å². The highest BCUT2D eigenvalue weighted by Crippen LogP contribution is 2.28. The second kappa shape index (κ2) is 7.94. The van der Waals surface area contributed by atoms with Crippen LogP contribution < -0.4 is 0 Å². The molecule has 110 valence electrons. The molecule has 0 aliphatic carbocycles. The monoisotopic (exact) mass is 354 g/mol. The van der Waals surface area contributed by atoms with Gasteiger partial charge in [-0.1, -0.05) is 23.8 Å². The van der Waals surface area contributed by atoms with Gasteiger partial charge in [0.1, 0.15) is 4.99 Å². The van der Waals surface area contributed by atoms with E-state index in [-0.39, 0.29) is 0 Å². The third-order valence-electron chi connectivity index (χ3n) is 2.55. The number of benzene rings is 1. The molecule has 21 heavy (non-hydrogen) atoms. The summed E-state index contributed by atoms with van der Waals surface area (Å²) in [5.74, 6) is 0.873. The van der Waals surface area contributed by atoms with Gasteiger partial charge >= 0.3 is 0 Å². The second-order valence-corrected chi connectivity index (χ2v) is 7.32. The van der Waals surface area contributed by atoms with Gasteiger partial charge in [-0.15, -0.1) is 23.1 Å². The Labute approximate surface area is 143 Å². The maximum absolute atomic E-state index is 5.89. The molecule has 0 saturated heterocycles. The van der Waals surface area contributed by atoms with Gasteiger partial charge in [0.25, 0.3) is 0 Å². The predicted octanol–water partition coefficient (Wildman–Crippen LogP) is 4.96. The zero-order chi connectivity index (χ0) is 15.2. The molecule has 0 saturated carbocycles. The Morgan fingerprint density at radius 1 is 1.33 bits per heavy atom. The number of nitrogens with zero attached hydrogens (tertiary/aromatic N) is 2. The molecular formula is C15H15ClN2S3. The van der Waals surface area contributed by atoms with Crippen molar-refractivity contribution in [1.29, 1.82) is 0 Å². The van der Waals surface area contributed by atoms with E-state index >= 15 is 0 Å². The molecule has 1 aromatic heterocycles. The molecule has 6 heteroatoms. The largest absolute Gasteiger partial charge is 0.369 e. The fraction of sp³-hybridized carbons (Fsp3) is 0.200. The number of thioether (sulfide) groups is 1. The van der Waals surface area contributed by atoms with Gasteiger partial charge in [-0.05, 0) is 41.3 Å². The molecule has 1 heterocycles. The Hall–Kier alpha value is -0.880. The molecule has 0 aliphatic heterocycles. The molecule has 0 radical (unpaired) electrons. The van der Waals surface area contributed by atoms with Gasteiger partial charge in [-0.2, -0.15) is 0 Å². The van der Waals surface area contributed by atoms with Crippen LogP contribution in [0.1, 0.15) is 10.4 Å². The Kier molecular flexibility index (Phi) is 6.23. The van der Waals surface area contributed by atoms with Crippen molar-refractivity contribution in [2.75, 3.05) is 14.1 Å². The molecule has 0 unspecified atom stereocenters. The molecule has 0 N–H and O–H groups in total. The number of thiophene rings is 1. The Morgan fingerprint density at radius 3 is 2.71 bits per heavy atom. The summed E-state index contributed by atoms with van der Waals surface area (Å²) in [4.78, 5) is 9.10. The van der Waals surface area contributed by atoms with E-state index in [2.05, 4.69) is 16.4 Å². The second-order valence-electron chi connectivity index (χ2n) is 4.53. The molecule has 2 aromatic rings. The Bertz CT molecular complexity index is 633. The van der Waals surface area contributed by atoms with Crippen LogP contribution in [-0.4, -0.2) is 30.3 Å². The summed E-state index contributed by atoms with van der Waals surface area (Å²) in [6.07, 6.45) is 1.73. The third-order valence-corrected chi connectivity index (χ3v) is 5.27. The molecule has 0 aliphatic rings. The van der Waals surface area contributed by atoms with Crippen LogP contribution in [0.5, 0.6) is 0 Å². The molecule has 2 nitrogen and oxygen atoms in total. The Morgan fingerprint density at radius 2 is 2.05 bits per heavy atom. The summed E-state index contributed by atoms with van der Waals surface area (Å²) in [5, 5.41) is 2.82. The first kappa shape index (κ1) is 16.5. The minimum Gasteiger partial charge on any atom is -0.369 e. The lowest BCUT2D eigenvalue weighted by atomic mass is 10.3. The van der Waals surface area contributed by atoms with Crippen molar-refractivity contribution < 1.29 is 0 Å². The van der Waals surface area contributed by atoms with Crippen molar-refractivity contribution in [3.05, 3.63) is 51.2 Å². The fourth-order valence-electron chi connectivity index (χ4n) is 1.56. The maximum Gasteiger partial charge on any atom is 0.145 e. The summed E-state index contributed by atoms with van der Waals surface area (Å²) in [6, 6.07) is 9.98. The summed E-state index contributed by atoms with van der Waals surface area (Å²) in [6.45, 7) is 0. The van der Waals surface area contributed by atoms with E-state index in [1.54, 1.807) is 29.4 Å². The number of hydrogen-bond donors (Lipinski definition) is 0. The van der Waals surface area contributed by atoms with E-state index in [0.717, 1.165) is 15.7 Å². The predicted molar refractivity (Wildman–Crippen MR) is 99.2 cm³/mol. The van der Waals surface area contributed by atoms with Gasteiger partial charge < -0.3 is 4.90 Å². The van der Waals surface area contributed by atoms with E-state index < -0.39 is 0 Å². The molecule has 0 fully saturated rings. The number of aliphatic imine (C=N–C) groups is 1. The quantitative estimate of drug-likeness (QED) is 0.326. The number of thiocarbonyl (C=S) groups is 1. The molecule has 0 atom stereocenters. The molecule has 1 aromatic carbocycles. The van der Waals surface area contributed by atoms with Gasteiger partial charge in [-0.25, -0.2) is 4.99 Å². The third kappa shape index (κ3) is 5.11. The van der Waals surface area contributed by atoms with Crippen LogP contribution in [0, 0.1) is 0 Å². The van der Waals surface area contributed by atoms with Gasteiger partial charge in [0, 0.05) is 29.8 Å². The minimum atomic E-state index is 0.644. The SMILES string of the molecule is CN(C)C=NC(=S)c1sccc1CSc1ccc(Cl)cc1. The lowest BCUT2D eigenvalue weighted by Gasteiger charge is -2.05. The number of halogens is 1. The fourth-order valence-corrected chi connectivity index (χ4v) is 3.80. The number of hydrogen-bond acceptors (Lipinski definition) is 3. The average molecular weight is 355 g/mol. The van der Waals surface area contributed by atoms with E-state index in [1.807, 2.05) is 43.3 Å². The van der Waals surface area contributed by atoms with Crippen LogP contribution >= 0.6 is 46.9 Å². The van der Waals surface area contributed by atoms with Crippen molar-refractivity contribution in [3.8, 4) is 0 Å². The van der Waals surface area contributed by atoms with Crippen LogP contribution in [-0.2, 0) is 5.75 Å². The zero-order valence-electron chi connectivity index (χ0n) is 11.7. The van der Waals surface area contributed by atoms with Crippen molar-refractivity contribution >= 4 is 58.2 Å². The highest BCUT2D eigenvalue weighted by atomic mass is 35.5. The van der Waals surface area contributed by atoms with Crippen LogP contribution in [0.3, 0.4) is 0 Å². The van der Waals surface area contributed by atoms with E-state index in [1.165, 1.54) is 10.5 Å². The van der Waals surface area contributed by atoms with Crippen molar-refractivity contribution in [3.63, 3.8) is 0 Å². The normalized spacial score (nSPS) is 11.0. The molecule has 0 bridgehead atoms. The summed E-state index contributed by atoms with van der Waals surface area (Å²) in [7, 11) is 3.86. The molecule has 0 amide bonds. The van der Waals surface area contributed by atoms with Gasteiger partial charge in [-0.3, -0.25) is 0 Å². The van der Waals surface area contributed by atoms with Gasteiger partial charge in [0.15, 0.2) is 0 Å². The zero-order valence-corrected chi connectivity index (χ0v) is 15.0. The maximum atomic E-state index is 5.89. The first-order valence-corrected chi connectivity index (χ1v) is 8.91. The van der Waals surface area contributed by atoms with Crippen molar-refractivity contribution in [1.82, 2.24) is 4.90 Å². The van der Waals surface area contributed by atoms with Crippen LogP contribution in [0.25, 0.3) is 0 Å². The smallest absolute Gasteiger partial charge is 0.145 e. The molecule has 0 spiro atoms. The van der Waals surface area contributed by atoms with Crippen molar-refractivity contribution in [2.24, 2.45) is 4.99 Å². The summed E-state index contributed by atoms with van der Waals surface area (Å²) in [5.41, 5.74) is 1.22. The minimum absolute atomic E-state index is 0.644. The van der Waals surface area contributed by atoms with Crippen LogP contribution in [0.15, 0.2) is 45.6 Å². The van der Waals surface area contributed by atoms with Crippen LogP contribution in [0.2, 0.25) is 5.02 Å². The summed E-state index contributed by atoms with van der Waals surface area (Å²) >= 11 is 14.7. The van der Waals surface area contributed by atoms with Gasteiger partial charge in [0.05, 0.1) is 11.2 Å². The molecular weight excluding hydrogens is 340 g/mol. The Balaban J connectivity index is 2.03. The van der Waals surface area contributed by atoms with Gasteiger partial charge in [0.2, 0.25) is 0 Å². The summed E-state index contributed by atoms with van der Waals surface area (Å²) < 4.78 is 0. The van der Waals surface area contributed by atoms with Crippen molar-refractivity contribution in [2.45, 2.75) is 10.6 Å². The number of rotatable bonds is 5. The lowest BCUT2D eigenvalue weighted by Crippen LogP contribution is -2.09. The van der Waals surface area contributed by atoms with E-state index in [0.29, 0.717) is 4.99 Å². The standard InChI is InChI=1S/C15H15ClN2S3/c1-18(2)10-17-15(19)14-11(7-8-20-14)9-21-13-5-3-12(16)4-6-13/h3-8,10H,9H2,1-2H3. The molecule has 2 rings (SSSR count). The average Bonchev–Trinajstić information content (AvgIpc) is 2.92. The highest BCUT2D eigenvalue weighted by Gasteiger charge is 2.09. The first-order chi connectivity index (χ1) is 10.1.